The van der Waals surface area contributed by atoms with Gasteiger partial charge in [0, 0.05) is 16.0 Å². The zero-order chi connectivity index (χ0) is 17.6. The molecule has 0 atom stereocenters. The number of carbonyl (C=O) groups excluding carboxylic acids is 1. The van der Waals surface area contributed by atoms with E-state index in [0.29, 0.717) is 13.0 Å². The summed E-state index contributed by atoms with van der Waals surface area (Å²) in [6.45, 7) is 4.85. The Morgan fingerprint density at radius 3 is 2.92 bits per heavy atom. The van der Waals surface area contributed by atoms with Crippen LogP contribution < -0.4 is 5.32 Å². The first kappa shape index (κ1) is 18.2. The molecule has 3 aromatic rings. The molecule has 1 amide bonds. The van der Waals surface area contributed by atoms with Gasteiger partial charge in [0.25, 0.3) is 0 Å². The molecule has 1 N–H and O–H groups in total. The van der Waals surface area contributed by atoms with E-state index in [1.54, 1.807) is 34.4 Å². The van der Waals surface area contributed by atoms with Crippen molar-refractivity contribution < 1.29 is 4.79 Å². The van der Waals surface area contributed by atoms with E-state index in [4.69, 9.17) is 0 Å². The number of thiophene rings is 1. The lowest BCUT2D eigenvalue weighted by Gasteiger charge is -2.05. The van der Waals surface area contributed by atoms with E-state index in [9.17, 15) is 4.79 Å². The highest BCUT2D eigenvalue weighted by Gasteiger charge is 2.09. The van der Waals surface area contributed by atoms with Crippen LogP contribution in [0.5, 0.6) is 0 Å². The fourth-order valence-corrected chi connectivity index (χ4v) is 4.91. The van der Waals surface area contributed by atoms with E-state index in [-0.39, 0.29) is 5.91 Å². The zero-order valence-electron chi connectivity index (χ0n) is 14.2. The van der Waals surface area contributed by atoms with E-state index in [2.05, 4.69) is 42.3 Å². The average molecular weight is 389 g/mol. The summed E-state index contributed by atoms with van der Waals surface area (Å²) in [7, 11) is 0. The van der Waals surface area contributed by atoms with Gasteiger partial charge in [-0.2, -0.15) is 0 Å². The molecule has 0 fully saturated rings. The Bertz CT molecular complexity index is 840. The van der Waals surface area contributed by atoms with Crippen LogP contribution in [0.1, 0.15) is 27.3 Å². The van der Waals surface area contributed by atoms with Crippen LogP contribution in [0.2, 0.25) is 0 Å². The number of hydrogen-bond acceptors (Lipinski definition) is 5. The number of benzene rings is 1. The van der Waals surface area contributed by atoms with Crippen molar-refractivity contribution in [2.24, 2.45) is 0 Å². The normalized spacial score (nSPS) is 10.8. The van der Waals surface area contributed by atoms with Gasteiger partial charge >= 0.3 is 0 Å². The molecule has 130 valence electrons. The van der Waals surface area contributed by atoms with E-state index in [1.807, 2.05) is 22.9 Å². The lowest BCUT2D eigenvalue weighted by molar-refractivity contribution is -0.120. The fourth-order valence-electron chi connectivity index (χ4n) is 2.36. The maximum Gasteiger partial charge on any atom is 0.226 e. The number of nitrogens with one attached hydrogen (secondary N) is 1. The minimum Gasteiger partial charge on any atom is -0.351 e. The maximum atomic E-state index is 12.0. The quantitative estimate of drug-likeness (QED) is 0.581. The number of thioether (sulfide) groups is 1. The second kappa shape index (κ2) is 8.65. The third-order valence-electron chi connectivity index (χ3n) is 3.77. The summed E-state index contributed by atoms with van der Waals surface area (Å²) in [5.74, 6) is 0.926. The van der Waals surface area contributed by atoms with Crippen LogP contribution in [0.25, 0.3) is 0 Å². The van der Waals surface area contributed by atoms with E-state index in [0.717, 1.165) is 20.7 Å². The Morgan fingerprint density at radius 1 is 1.24 bits per heavy atom. The number of nitrogens with zero attached hydrogens (tertiary/aromatic N) is 1. The molecular formula is C19H20N2OS3. The van der Waals surface area contributed by atoms with Crippen LogP contribution in [0.3, 0.4) is 0 Å². The number of carbonyl (C=O) groups is 1. The van der Waals surface area contributed by atoms with Gasteiger partial charge in [-0.25, -0.2) is 4.98 Å². The van der Waals surface area contributed by atoms with Crippen molar-refractivity contribution in [1.82, 2.24) is 10.3 Å². The summed E-state index contributed by atoms with van der Waals surface area (Å²) >= 11 is 4.99. The van der Waals surface area contributed by atoms with Crippen LogP contribution >= 0.6 is 34.4 Å². The molecule has 2 heterocycles. The molecule has 0 unspecified atom stereocenters. The van der Waals surface area contributed by atoms with E-state index in [1.165, 1.54) is 16.7 Å². The topological polar surface area (TPSA) is 42.0 Å². The van der Waals surface area contributed by atoms with Crippen molar-refractivity contribution in [2.45, 2.75) is 36.9 Å². The number of hydrogen-bond donors (Lipinski definition) is 1. The fraction of sp³-hybridized carbons (Fsp3) is 0.263. The summed E-state index contributed by atoms with van der Waals surface area (Å²) in [6, 6.07) is 10.5. The van der Waals surface area contributed by atoms with Crippen molar-refractivity contribution in [1.29, 1.82) is 0 Å². The average Bonchev–Trinajstić information content (AvgIpc) is 3.25. The first-order chi connectivity index (χ1) is 12.1. The van der Waals surface area contributed by atoms with Crippen LogP contribution in [-0.4, -0.2) is 10.9 Å². The van der Waals surface area contributed by atoms with Crippen molar-refractivity contribution >= 4 is 40.3 Å². The molecule has 2 aromatic heterocycles. The smallest absolute Gasteiger partial charge is 0.226 e. The predicted octanol–water partition coefficient (Wildman–Crippen LogP) is 4.97. The molecule has 0 aliphatic rings. The predicted molar refractivity (Wildman–Crippen MR) is 107 cm³/mol. The lowest BCUT2D eigenvalue weighted by atomic mass is 10.1. The first-order valence-electron chi connectivity index (χ1n) is 8.02. The van der Waals surface area contributed by atoms with Gasteiger partial charge in [0.2, 0.25) is 5.91 Å². The minimum atomic E-state index is 0.0183. The van der Waals surface area contributed by atoms with Crippen LogP contribution in [-0.2, 0) is 23.5 Å². The molecular weight excluding hydrogens is 368 g/mol. The van der Waals surface area contributed by atoms with E-state index >= 15 is 0 Å². The van der Waals surface area contributed by atoms with Crippen molar-refractivity contribution in [3.8, 4) is 0 Å². The van der Waals surface area contributed by atoms with Gasteiger partial charge in [-0.3, -0.25) is 4.79 Å². The van der Waals surface area contributed by atoms with Gasteiger partial charge in [0.15, 0.2) is 0 Å². The van der Waals surface area contributed by atoms with Crippen molar-refractivity contribution in [2.75, 3.05) is 0 Å². The Hall–Kier alpha value is -1.63. The molecule has 0 spiro atoms. The van der Waals surface area contributed by atoms with Gasteiger partial charge in [0.1, 0.15) is 4.34 Å². The summed E-state index contributed by atoms with van der Waals surface area (Å²) < 4.78 is 1.02. The molecule has 3 nitrogen and oxygen atoms in total. The maximum absolute atomic E-state index is 12.0. The van der Waals surface area contributed by atoms with Crippen molar-refractivity contribution in [3.05, 3.63) is 68.4 Å². The number of aromatic nitrogens is 1. The van der Waals surface area contributed by atoms with Gasteiger partial charge in [0.05, 0.1) is 18.7 Å². The standard InChI is InChI=1S/C19H20N2OS3/c1-13-5-6-14(2)15(8-13)11-24-19-21-16(12-25-19)9-18(22)20-10-17-4-3-7-23-17/h3-8,12H,9-11H2,1-2H3,(H,20,22). The second-order valence-electron chi connectivity index (χ2n) is 5.86. The van der Waals surface area contributed by atoms with Crippen LogP contribution in [0, 0.1) is 13.8 Å². The van der Waals surface area contributed by atoms with Crippen LogP contribution in [0.15, 0.2) is 45.4 Å². The number of rotatable bonds is 7. The molecule has 0 aliphatic heterocycles. The molecule has 1 aromatic carbocycles. The minimum absolute atomic E-state index is 0.0183. The Morgan fingerprint density at radius 2 is 2.12 bits per heavy atom. The number of aryl methyl sites for hydroxylation is 2. The molecule has 25 heavy (non-hydrogen) atoms. The highest BCUT2D eigenvalue weighted by Crippen LogP contribution is 2.28. The number of amides is 1. The molecule has 6 heteroatoms. The molecule has 0 saturated heterocycles. The van der Waals surface area contributed by atoms with Gasteiger partial charge in [-0.1, -0.05) is 41.6 Å². The third-order valence-corrected chi connectivity index (χ3v) is 6.76. The van der Waals surface area contributed by atoms with Gasteiger partial charge in [-0.05, 0) is 36.4 Å². The van der Waals surface area contributed by atoms with Gasteiger partial charge in [-0.15, -0.1) is 22.7 Å². The molecule has 0 bridgehead atoms. The first-order valence-corrected chi connectivity index (χ1v) is 10.8. The zero-order valence-corrected chi connectivity index (χ0v) is 16.7. The second-order valence-corrected chi connectivity index (χ2v) is 8.97. The lowest BCUT2D eigenvalue weighted by Crippen LogP contribution is -2.24. The Kier molecular flexibility index (Phi) is 6.29. The molecule has 0 aliphatic carbocycles. The Balaban J connectivity index is 1.50. The van der Waals surface area contributed by atoms with Gasteiger partial charge < -0.3 is 5.32 Å². The summed E-state index contributed by atoms with van der Waals surface area (Å²) in [5, 5.41) is 6.94. The summed E-state index contributed by atoms with van der Waals surface area (Å²) in [5.41, 5.74) is 4.78. The van der Waals surface area contributed by atoms with E-state index < -0.39 is 0 Å². The largest absolute Gasteiger partial charge is 0.351 e. The molecule has 0 saturated carbocycles. The number of thiazole rings is 1. The summed E-state index contributed by atoms with van der Waals surface area (Å²) in [6.07, 6.45) is 0.339. The van der Waals surface area contributed by atoms with Crippen LogP contribution in [0.4, 0.5) is 0 Å². The molecule has 0 radical (unpaired) electrons. The SMILES string of the molecule is Cc1ccc(C)c(CSc2nc(CC(=O)NCc3cccs3)cs2)c1. The third kappa shape index (κ3) is 5.42. The Labute approximate surface area is 160 Å². The van der Waals surface area contributed by atoms with Crippen molar-refractivity contribution in [3.63, 3.8) is 0 Å². The molecule has 3 rings (SSSR count). The highest BCUT2D eigenvalue weighted by molar-refractivity contribution is 8.00. The summed E-state index contributed by atoms with van der Waals surface area (Å²) in [4.78, 5) is 17.8. The highest BCUT2D eigenvalue weighted by atomic mass is 32.2. The monoisotopic (exact) mass is 388 g/mol.